The summed E-state index contributed by atoms with van der Waals surface area (Å²) in [4.78, 5) is 19.6. The monoisotopic (exact) mass is 467 g/mol. The van der Waals surface area contributed by atoms with Gasteiger partial charge in [0.2, 0.25) is 5.91 Å². The van der Waals surface area contributed by atoms with Gasteiger partial charge in [-0.3, -0.25) is 4.79 Å². The first-order valence-corrected chi connectivity index (χ1v) is 12.3. The van der Waals surface area contributed by atoms with Crippen LogP contribution in [-0.4, -0.2) is 45.7 Å². The molecule has 0 bridgehead atoms. The number of hydrogen-bond donors (Lipinski definition) is 1. The summed E-state index contributed by atoms with van der Waals surface area (Å²) < 4.78 is 7.79. The molecule has 6 rings (SSSR count). The predicted molar refractivity (Wildman–Crippen MR) is 136 cm³/mol. The van der Waals surface area contributed by atoms with Crippen LogP contribution in [0.5, 0.6) is 11.5 Å². The molecule has 3 aromatic carbocycles. The summed E-state index contributed by atoms with van der Waals surface area (Å²) in [6.45, 7) is 2.47. The number of carbonyl (C=O) groups excluding carboxylic acids is 1. The number of aromatic nitrogens is 2. The van der Waals surface area contributed by atoms with Crippen molar-refractivity contribution in [2.45, 2.75) is 25.8 Å². The number of hydrogen-bond acceptors (Lipinski definition) is 4. The predicted octanol–water partition coefficient (Wildman–Crippen LogP) is 5.34. The Hall–Kier alpha value is -3.80. The molecule has 1 saturated heterocycles. The molecule has 0 radical (unpaired) electrons. The maximum atomic E-state index is 12.6. The summed E-state index contributed by atoms with van der Waals surface area (Å²) in [6, 6.07) is 21.6. The van der Waals surface area contributed by atoms with Gasteiger partial charge < -0.3 is 19.3 Å². The van der Waals surface area contributed by atoms with Crippen molar-refractivity contribution >= 4 is 16.9 Å². The SMILES string of the molecule is COc1ccc2nc(-c3ccc(-c4cccc(O)c4)cc3)n(C[C@H]3CCN(C(=O)C4CC4)C3)c2c1. The van der Waals surface area contributed by atoms with Crippen LogP contribution in [0.3, 0.4) is 0 Å². The van der Waals surface area contributed by atoms with Crippen molar-refractivity contribution in [3.05, 3.63) is 66.7 Å². The second kappa shape index (κ2) is 8.77. The number of nitrogens with zero attached hydrogens (tertiary/aromatic N) is 3. The second-order valence-electron chi connectivity index (χ2n) is 9.74. The zero-order valence-corrected chi connectivity index (χ0v) is 19.9. The molecule has 6 nitrogen and oxygen atoms in total. The van der Waals surface area contributed by atoms with E-state index < -0.39 is 0 Å². The van der Waals surface area contributed by atoms with Gasteiger partial charge in [0.1, 0.15) is 17.3 Å². The van der Waals surface area contributed by atoms with Crippen molar-refractivity contribution in [1.29, 1.82) is 0 Å². The molecule has 4 aromatic rings. The third kappa shape index (κ3) is 4.25. The Kier molecular flexibility index (Phi) is 5.44. The van der Waals surface area contributed by atoms with E-state index in [9.17, 15) is 9.90 Å². The average Bonchev–Trinajstić information content (AvgIpc) is 3.53. The number of phenolic OH excluding ortho intramolecular Hbond substituents is 1. The minimum atomic E-state index is 0.257. The van der Waals surface area contributed by atoms with E-state index in [0.29, 0.717) is 11.8 Å². The van der Waals surface area contributed by atoms with E-state index in [1.807, 2.05) is 24.3 Å². The lowest BCUT2D eigenvalue weighted by molar-refractivity contribution is -0.131. The van der Waals surface area contributed by atoms with Gasteiger partial charge >= 0.3 is 0 Å². The van der Waals surface area contributed by atoms with Crippen molar-refractivity contribution in [2.75, 3.05) is 20.2 Å². The highest BCUT2D eigenvalue weighted by Crippen LogP contribution is 2.35. The first-order chi connectivity index (χ1) is 17.1. The van der Waals surface area contributed by atoms with E-state index in [4.69, 9.17) is 9.72 Å². The van der Waals surface area contributed by atoms with Gasteiger partial charge in [-0.25, -0.2) is 4.98 Å². The van der Waals surface area contributed by atoms with E-state index in [-0.39, 0.29) is 11.7 Å². The molecule has 1 aliphatic heterocycles. The second-order valence-corrected chi connectivity index (χ2v) is 9.74. The van der Waals surface area contributed by atoms with Crippen LogP contribution < -0.4 is 4.74 Å². The Morgan fingerprint density at radius 3 is 2.54 bits per heavy atom. The van der Waals surface area contributed by atoms with Crippen LogP contribution in [0, 0.1) is 11.8 Å². The lowest BCUT2D eigenvalue weighted by Gasteiger charge is -2.18. The molecule has 178 valence electrons. The molecule has 6 heteroatoms. The van der Waals surface area contributed by atoms with Crippen LogP contribution in [0.25, 0.3) is 33.5 Å². The van der Waals surface area contributed by atoms with Gasteiger partial charge in [0.05, 0.1) is 18.1 Å². The van der Waals surface area contributed by atoms with Crippen LogP contribution in [0.4, 0.5) is 0 Å². The summed E-state index contributed by atoms with van der Waals surface area (Å²) in [7, 11) is 1.68. The van der Waals surface area contributed by atoms with Crippen LogP contribution in [0.2, 0.25) is 0 Å². The summed E-state index contributed by atoms with van der Waals surface area (Å²) in [5.41, 5.74) is 5.03. The number of amides is 1. The van der Waals surface area contributed by atoms with Crippen LogP contribution in [0.1, 0.15) is 19.3 Å². The van der Waals surface area contributed by atoms with E-state index >= 15 is 0 Å². The molecule has 35 heavy (non-hydrogen) atoms. The Balaban J connectivity index is 1.34. The molecule has 2 fully saturated rings. The molecule has 2 heterocycles. The van der Waals surface area contributed by atoms with Crippen molar-refractivity contribution in [2.24, 2.45) is 11.8 Å². The summed E-state index contributed by atoms with van der Waals surface area (Å²) in [5.74, 6) is 2.99. The molecule has 1 N–H and O–H groups in total. The number of aromatic hydroxyl groups is 1. The maximum Gasteiger partial charge on any atom is 0.225 e. The summed E-state index contributed by atoms with van der Waals surface area (Å²) in [5, 5.41) is 9.84. The average molecular weight is 468 g/mol. The number of ether oxygens (including phenoxy) is 1. The molecule has 2 aliphatic rings. The Morgan fingerprint density at radius 1 is 1.00 bits per heavy atom. The third-order valence-electron chi connectivity index (χ3n) is 7.24. The number of fused-ring (bicyclic) bond motifs is 1. The largest absolute Gasteiger partial charge is 0.508 e. The molecule has 1 aliphatic carbocycles. The molecule has 0 unspecified atom stereocenters. The molecule has 1 atom stereocenters. The van der Waals surface area contributed by atoms with Gasteiger partial charge in [-0.1, -0.05) is 36.4 Å². The Morgan fingerprint density at radius 2 is 1.80 bits per heavy atom. The fourth-order valence-electron chi connectivity index (χ4n) is 5.16. The van der Waals surface area contributed by atoms with Gasteiger partial charge in [-0.05, 0) is 60.6 Å². The smallest absolute Gasteiger partial charge is 0.225 e. The van der Waals surface area contributed by atoms with Gasteiger partial charge in [0.25, 0.3) is 0 Å². The number of carbonyl (C=O) groups is 1. The molecular formula is C29H29N3O3. The minimum Gasteiger partial charge on any atom is -0.508 e. The Bertz CT molecular complexity index is 1390. The third-order valence-corrected chi connectivity index (χ3v) is 7.24. The van der Waals surface area contributed by atoms with Crippen LogP contribution in [0.15, 0.2) is 66.7 Å². The highest BCUT2D eigenvalue weighted by Gasteiger charge is 2.36. The number of likely N-dealkylation sites (tertiary alicyclic amines) is 1. The zero-order valence-electron chi connectivity index (χ0n) is 19.9. The van der Waals surface area contributed by atoms with Crippen LogP contribution in [-0.2, 0) is 11.3 Å². The normalized spacial score (nSPS) is 17.7. The number of methoxy groups -OCH3 is 1. The standard InChI is InChI=1S/C29H29N3O3/c1-35-25-11-12-26-27(16-25)32(18-19-13-14-31(17-19)29(34)22-9-10-22)28(30-26)21-7-5-20(6-8-21)23-3-2-4-24(33)15-23/h2-8,11-12,15-16,19,22,33H,9-10,13-14,17-18H2,1H3/t19-/m0/s1. The first-order valence-electron chi connectivity index (χ1n) is 12.3. The highest BCUT2D eigenvalue weighted by atomic mass is 16.5. The van der Waals surface area contributed by atoms with Crippen LogP contribution >= 0.6 is 0 Å². The van der Waals surface area contributed by atoms with Gasteiger partial charge in [0, 0.05) is 37.2 Å². The van der Waals surface area contributed by atoms with Gasteiger partial charge in [-0.2, -0.15) is 0 Å². The van der Waals surface area contributed by atoms with Crippen molar-refractivity contribution in [1.82, 2.24) is 14.5 Å². The highest BCUT2D eigenvalue weighted by molar-refractivity contribution is 5.83. The maximum absolute atomic E-state index is 12.6. The number of benzene rings is 3. The lowest BCUT2D eigenvalue weighted by Crippen LogP contribution is -2.30. The summed E-state index contributed by atoms with van der Waals surface area (Å²) >= 11 is 0. The number of rotatable bonds is 6. The van der Waals surface area contributed by atoms with E-state index in [0.717, 1.165) is 78.2 Å². The number of phenols is 1. The van der Waals surface area contributed by atoms with Gasteiger partial charge in [0.15, 0.2) is 0 Å². The molecule has 1 amide bonds. The molecule has 0 spiro atoms. The van der Waals surface area contributed by atoms with E-state index in [1.54, 1.807) is 19.2 Å². The van der Waals surface area contributed by atoms with E-state index in [1.165, 1.54) is 0 Å². The quantitative estimate of drug-likeness (QED) is 0.416. The fraction of sp³-hybridized carbons (Fsp3) is 0.310. The molecular weight excluding hydrogens is 438 g/mol. The van der Waals surface area contributed by atoms with Gasteiger partial charge in [-0.15, -0.1) is 0 Å². The van der Waals surface area contributed by atoms with Crippen molar-refractivity contribution in [3.8, 4) is 34.0 Å². The zero-order chi connectivity index (χ0) is 23.9. The summed E-state index contributed by atoms with van der Waals surface area (Å²) in [6.07, 6.45) is 3.11. The Labute approximate surface area is 204 Å². The first kappa shape index (κ1) is 21.7. The topological polar surface area (TPSA) is 67.6 Å². The van der Waals surface area contributed by atoms with Crippen molar-refractivity contribution in [3.63, 3.8) is 0 Å². The van der Waals surface area contributed by atoms with E-state index in [2.05, 4.69) is 39.8 Å². The lowest BCUT2D eigenvalue weighted by atomic mass is 10.0. The fourth-order valence-corrected chi connectivity index (χ4v) is 5.16. The van der Waals surface area contributed by atoms with Crippen molar-refractivity contribution < 1.29 is 14.6 Å². The molecule has 1 saturated carbocycles. The minimum absolute atomic E-state index is 0.257. The molecule has 1 aromatic heterocycles. The number of imidazole rings is 1.